The fourth-order valence-electron chi connectivity index (χ4n) is 3.30. The molecule has 0 saturated carbocycles. The number of carbonyl (C=O) groups excluding carboxylic acids is 1. The number of sulfone groups is 1. The minimum atomic E-state index is -3.16. The summed E-state index contributed by atoms with van der Waals surface area (Å²) in [5, 5.41) is 6.55. The van der Waals surface area contributed by atoms with E-state index in [-0.39, 0.29) is 29.9 Å². The first-order chi connectivity index (χ1) is 13.9. The van der Waals surface area contributed by atoms with Gasteiger partial charge in [0.25, 0.3) is 0 Å². The second-order valence-electron chi connectivity index (χ2n) is 7.40. The molecule has 0 aromatic heterocycles. The van der Waals surface area contributed by atoms with Crippen molar-refractivity contribution >= 4 is 45.7 Å². The Kier molecular flexibility index (Phi) is 12.3. The van der Waals surface area contributed by atoms with Crippen LogP contribution in [0.5, 0.6) is 0 Å². The third kappa shape index (κ3) is 9.63. The molecule has 0 bridgehead atoms. The monoisotopic (exact) mass is 550 g/mol. The Hall–Kier alpha value is -1.36. The van der Waals surface area contributed by atoms with Crippen molar-refractivity contribution in [1.82, 2.24) is 15.5 Å². The number of hydrogen-bond acceptors (Lipinski definition) is 4. The molecule has 1 amide bonds. The number of likely N-dealkylation sites (tertiary alicyclic amines) is 1. The lowest BCUT2D eigenvalue weighted by Gasteiger charge is -2.20. The Morgan fingerprint density at radius 3 is 2.53 bits per heavy atom. The largest absolute Gasteiger partial charge is 0.357 e. The molecule has 9 heteroatoms. The van der Waals surface area contributed by atoms with Crippen LogP contribution >= 0.6 is 24.0 Å². The summed E-state index contributed by atoms with van der Waals surface area (Å²) in [5.74, 6) is 1.04. The predicted molar refractivity (Wildman–Crippen MR) is 132 cm³/mol. The fraction of sp³-hybridized carbons (Fsp3) is 0.619. The Morgan fingerprint density at radius 2 is 1.87 bits per heavy atom. The summed E-state index contributed by atoms with van der Waals surface area (Å²) in [7, 11) is -3.16. The summed E-state index contributed by atoms with van der Waals surface area (Å²) in [6.07, 6.45) is 6.78. The van der Waals surface area contributed by atoms with E-state index in [2.05, 4.69) is 15.6 Å². The molecule has 1 aromatic rings. The maximum Gasteiger partial charge on any atom is 0.222 e. The van der Waals surface area contributed by atoms with E-state index in [0.717, 1.165) is 63.3 Å². The van der Waals surface area contributed by atoms with Gasteiger partial charge in [-0.2, -0.15) is 0 Å². The summed E-state index contributed by atoms with van der Waals surface area (Å²) < 4.78 is 23.0. The molecule has 0 unspecified atom stereocenters. The molecule has 1 aromatic carbocycles. The first-order valence-electron chi connectivity index (χ1n) is 10.5. The minimum absolute atomic E-state index is 0. The van der Waals surface area contributed by atoms with Crippen molar-refractivity contribution in [3.05, 3.63) is 29.8 Å². The molecule has 0 radical (unpaired) electrons. The average molecular weight is 551 g/mol. The number of amides is 1. The first kappa shape index (κ1) is 26.7. The quantitative estimate of drug-likeness (QED) is 0.214. The lowest BCUT2D eigenvalue weighted by Crippen LogP contribution is -2.38. The van der Waals surface area contributed by atoms with Crippen molar-refractivity contribution in [3.63, 3.8) is 0 Å². The van der Waals surface area contributed by atoms with Gasteiger partial charge in [0.15, 0.2) is 15.8 Å². The second kappa shape index (κ2) is 13.8. The van der Waals surface area contributed by atoms with Gasteiger partial charge in [0.05, 0.1) is 4.90 Å². The molecule has 2 N–H and O–H groups in total. The Labute approximate surface area is 198 Å². The van der Waals surface area contributed by atoms with Crippen molar-refractivity contribution in [2.24, 2.45) is 4.99 Å². The van der Waals surface area contributed by atoms with Crippen LogP contribution in [0.4, 0.5) is 0 Å². The van der Waals surface area contributed by atoms with Crippen LogP contribution < -0.4 is 10.6 Å². The highest BCUT2D eigenvalue weighted by atomic mass is 127. The Balaban J connectivity index is 0.00000450. The molecule has 1 aliphatic rings. The minimum Gasteiger partial charge on any atom is -0.357 e. The van der Waals surface area contributed by atoms with E-state index in [9.17, 15) is 13.2 Å². The lowest BCUT2D eigenvalue weighted by atomic mass is 10.1. The number of nitrogens with zero attached hydrogens (tertiary/aromatic N) is 2. The van der Waals surface area contributed by atoms with Gasteiger partial charge < -0.3 is 15.5 Å². The maximum atomic E-state index is 12.0. The van der Waals surface area contributed by atoms with Gasteiger partial charge in [-0.05, 0) is 50.3 Å². The van der Waals surface area contributed by atoms with Crippen LogP contribution in [0.25, 0.3) is 0 Å². The molecule has 0 aliphatic carbocycles. The maximum absolute atomic E-state index is 12.0. The van der Waals surface area contributed by atoms with Crippen LogP contribution in [0.3, 0.4) is 0 Å². The third-order valence-corrected chi connectivity index (χ3v) is 6.06. The summed E-state index contributed by atoms with van der Waals surface area (Å²) in [6.45, 7) is 5.82. The number of carbonyl (C=O) groups is 1. The summed E-state index contributed by atoms with van der Waals surface area (Å²) in [5.41, 5.74) is 1.07. The van der Waals surface area contributed by atoms with Crippen molar-refractivity contribution in [1.29, 1.82) is 0 Å². The van der Waals surface area contributed by atoms with Crippen molar-refractivity contribution in [2.75, 3.05) is 39.0 Å². The molecule has 0 atom stereocenters. The van der Waals surface area contributed by atoms with Gasteiger partial charge in [-0.25, -0.2) is 8.42 Å². The van der Waals surface area contributed by atoms with E-state index in [1.54, 1.807) is 12.1 Å². The summed E-state index contributed by atoms with van der Waals surface area (Å²) in [6, 6.07) is 6.99. The van der Waals surface area contributed by atoms with E-state index >= 15 is 0 Å². The van der Waals surface area contributed by atoms with E-state index < -0.39 is 9.84 Å². The van der Waals surface area contributed by atoms with Crippen LogP contribution in [-0.4, -0.2) is 64.2 Å². The molecule has 1 heterocycles. The highest BCUT2D eigenvalue weighted by Crippen LogP contribution is 2.12. The first-order valence-corrected chi connectivity index (χ1v) is 12.4. The van der Waals surface area contributed by atoms with Crippen LogP contribution in [0.15, 0.2) is 34.2 Å². The molecule has 0 spiro atoms. The van der Waals surface area contributed by atoms with Gasteiger partial charge >= 0.3 is 0 Å². The van der Waals surface area contributed by atoms with Crippen molar-refractivity contribution in [3.8, 4) is 0 Å². The van der Waals surface area contributed by atoms with Crippen LogP contribution in [0.2, 0.25) is 0 Å². The molecule has 1 aliphatic heterocycles. The molecular weight excluding hydrogens is 515 g/mol. The Bertz CT molecular complexity index is 782. The molecular formula is C21H35IN4O3S. The molecule has 2 rings (SSSR count). The number of nitrogens with one attached hydrogen (secondary N) is 2. The van der Waals surface area contributed by atoms with Gasteiger partial charge in [-0.15, -0.1) is 24.0 Å². The summed E-state index contributed by atoms with van der Waals surface area (Å²) in [4.78, 5) is 18.9. The van der Waals surface area contributed by atoms with Crippen molar-refractivity contribution in [2.45, 2.75) is 50.3 Å². The normalized spacial score (nSPS) is 15.3. The van der Waals surface area contributed by atoms with Gasteiger partial charge in [-0.3, -0.25) is 9.79 Å². The number of benzene rings is 1. The molecule has 170 valence electrons. The average Bonchev–Trinajstić information content (AvgIpc) is 2.89. The lowest BCUT2D eigenvalue weighted by molar-refractivity contribution is -0.130. The van der Waals surface area contributed by atoms with Crippen molar-refractivity contribution < 1.29 is 13.2 Å². The molecule has 1 saturated heterocycles. The number of rotatable bonds is 9. The zero-order chi connectivity index (χ0) is 21.1. The molecule has 1 fully saturated rings. The van der Waals surface area contributed by atoms with Gasteiger partial charge in [0, 0.05) is 45.4 Å². The van der Waals surface area contributed by atoms with E-state index in [1.807, 2.05) is 24.0 Å². The smallest absolute Gasteiger partial charge is 0.222 e. The number of aliphatic imine (C=N–C) groups is 1. The highest BCUT2D eigenvalue weighted by molar-refractivity contribution is 14.0. The number of halogens is 1. The standard InChI is InChI=1S/C21H34N4O3S.HI/c1-3-22-21(23-14-7-17-25-16-6-4-5-8-20(25)26)24-15-13-18-9-11-19(12-10-18)29(2,27)28;/h9-12H,3-8,13-17H2,1-2H3,(H2,22,23,24);1H. The third-order valence-electron chi connectivity index (χ3n) is 4.93. The zero-order valence-electron chi connectivity index (χ0n) is 18.0. The summed E-state index contributed by atoms with van der Waals surface area (Å²) >= 11 is 0. The fourth-order valence-corrected chi connectivity index (χ4v) is 3.93. The molecule has 30 heavy (non-hydrogen) atoms. The van der Waals surface area contributed by atoms with Crippen LogP contribution in [0.1, 0.15) is 44.6 Å². The molecule has 7 nitrogen and oxygen atoms in total. The van der Waals surface area contributed by atoms with E-state index in [1.165, 1.54) is 6.26 Å². The zero-order valence-corrected chi connectivity index (χ0v) is 21.2. The van der Waals surface area contributed by atoms with Gasteiger partial charge in [0.1, 0.15) is 0 Å². The Morgan fingerprint density at radius 1 is 1.13 bits per heavy atom. The van der Waals surface area contributed by atoms with E-state index in [0.29, 0.717) is 24.4 Å². The van der Waals surface area contributed by atoms with Gasteiger partial charge in [-0.1, -0.05) is 18.6 Å². The van der Waals surface area contributed by atoms with Crippen LogP contribution in [-0.2, 0) is 21.1 Å². The number of guanidine groups is 1. The van der Waals surface area contributed by atoms with Gasteiger partial charge in [0.2, 0.25) is 5.91 Å². The highest BCUT2D eigenvalue weighted by Gasteiger charge is 2.15. The van der Waals surface area contributed by atoms with Crippen LogP contribution in [0, 0.1) is 0 Å². The predicted octanol–water partition coefficient (Wildman–Crippen LogP) is 2.60. The SMILES string of the molecule is CCNC(=NCCCN1CCCCCC1=O)NCCc1ccc(S(C)(=O)=O)cc1.I. The topological polar surface area (TPSA) is 90.9 Å². The number of hydrogen-bond donors (Lipinski definition) is 2. The second-order valence-corrected chi connectivity index (χ2v) is 9.41. The van der Waals surface area contributed by atoms with E-state index in [4.69, 9.17) is 0 Å².